The number of carboxylic acids is 1. The molecule has 2 aromatic rings. The predicted molar refractivity (Wildman–Crippen MR) is 105 cm³/mol. The van der Waals surface area contributed by atoms with Crippen molar-refractivity contribution >= 4 is 29.0 Å². The van der Waals surface area contributed by atoms with E-state index < -0.39 is 12.0 Å². The molecule has 0 spiro atoms. The summed E-state index contributed by atoms with van der Waals surface area (Å²) in [5.74, 6) is -1.20. The number of fused-ring (bicyclic) bond motifs is 2. The maximum atomic E-state index is 13.3. The zero-order valence-corrected chi connectivity index (χ0v) is 15.3. The average Bonchev–Trinajstić information content (AvgIpc) is 3.18. The van der Waals surface area contributed by atoms with Gasteiger partial charge in [-0.25, -0.2) is 4.79 Å². The Labute approximate surface area is 162 Å². The fourth-order valence-electron chi connectivity index (χ4n) is 3.90. The van der Waals surface area contributed by atoms with Gasteiger partial charge in [-0.2, -0.15) is 0 Å². The lowest BCUT2D eigenvalue weighted by Gasteiger charge is -2.26. The zero-order chi connectivity index (χ0) is 19.8. The maximum Gasteiger partial charge on any atom is 0.335 e. The molecule has 6 heteroatoms. The summed E-state index contributed by atoms with van der Waals surface area (Å²) in [6.07, 6.45) is 1.48. The van der Waals surface area contributed by atoms with Crippen LogP contribution in [0.1, 0.15) is 39.1 Å². The van der Waals surface area contributed by atoms with Crippen molar-refractivity contribution in [2.45, 2.75) is 18.9 Å². The highest BCUT2D eigenvalue weighted by molar-refractivity contribution is 6.12. The first-order valence-electron chi connectivity index (χ1n) is 9.20. The van der Waals surface area contributed by atoms with Crippen LogP contribution in [0.2, 0.25) is 0 Å². The lowest BCUT2D eigenvalue weighted by Crippen LogP contribution is -2.45. The van der Waals surface area contributed by atoms with Crippen molar-refractivity contribution in [3.05, 3.63) is 71.8 Å². The highest BCUT2D eigenvalue weighted by atomic mass is 16.4. The van der Waals surface area contributed by atoms with Crippen LogP contribution in [0.3, 0.4) is 0 Å². The van der Waals surface area contributed by atoms with Crippen LogP contribution in [0.4, 0.5) is 5.69 Å². The summed E-state index contributed by atoms with van der Waals surface area (Å²) in [6.45, 7) is 4.92. The van der Waals surface area contributed by atoms with Crippen molar-refractivity contribution in [3.8, 4) is 0 Å². The van der Waals surface area contributed by atoms with Crippen LogP contribution in [0, 0.1) is 0 Å². The number of benzene rings is 2. The van der Waals surface area contributed by atoms with Crippen molar-refractivity contribution in [1.29, 1.82) is 0 Å². The number of para-hydroxylation sites is 1. The fourth-order valence-corrected chi connectivity index (χ4v) is 3.90. The first-order valence-corrected chi connectivity index (χ1v) is 9.20. The van der Waals surface area contributed by atoms with Crippen LogP contribution in [-0.2, 0) is 4.79 Å². The van der Waals surface area contributed by atoms with E-state index in [2.05, 4.69) is 6.58 Å². The van der Waals surface area contributed by atoms with E-state index in [0.29, 0.717) is 29.8 Å². The van der Waals surface area contributed by atoms with Gasteiger partial charge in [0.05, 0.1) is 23.4 Å². The summed E-state index contributed by atoms with van der Waals surface area (Å²) in [6, 6.07) is 13.1. The van der Waals surface area contributed by atoms with Crippen LogP contribution >= 0.6 is 0 Å². The van der Waals surface area contributed by atoms with Crippen molar-refractivity contribution in [2.24, 2.45) is 0 Å². The SMILES string of the molecule is C=C(CN1C(=O)[C@H]2CCCN2C(=O)c2ccccc21)c1ccc(C(=O)O)cc1. The van der Waals surface area contributed by atoms with Crippen molar-refractivity contribution < 1.29 is 19.5 Å². The van der Waals surface area contributed by atoms with E-state index in [1.54, 1.807) is 40.1 Å². The van der Waals surface area contributed by atoms with Gasteiger partial charge in [0.25, 0.3) is 5.91 Å². The Kier molecular flexibility index (Phi) is 4.47. The molecule has 2 amide bonds. The van der Waals surface area contributed by atoms with Gasteiger partial charge in [-0.05, 0) is 48.2 Å². The summed E-state index contributed by atoms with van der Waals surface area (Å²) in [7, 11) is 0. The molecular formula is C22H20N2O4. The first-order chi connectivity index (χ1) is 13.5. The van der Waals surface area contributed by atoms with E-state index in [0.717, 1.165) is 12.0 Å². The van der Waals surface area contributed by atoms with E-state index in [9.17, 15) is 14.4 Å². The third kappa shape index (κ3) is 2.97. The van der Waals surface area contributed by atoms with Crippen LogP contribution in [0.25, 0.3) is 5.57 Å². The number of nitrogens with zero attached hydrogens (tertiary/aromatic N) is 2. The summed E-state index contributed by atoms with van der Waals surface area (Å²) in [5, 5.41) is 9.05. The third-order valence-corrected chi connectivity index (χ3v) is 5.38. The molecule has 2 heterocycles. The molecule has 1 N–H and O–H groups in total. The molecule has 1 fully saturated rings. The minimum atomic E-state index is -0.992. The Bertz CT molecular complexity index is 980. The van der Waals surface area contributed by atoms with Gasteiger partial charge in [-0.1, -0.05) is 30.8 Å². The number of carboxylic acid groups (broad SMARTS) is 1. The molecular weight excluding hydrogens is 356 g/mol. The number of amides is 2. The molecule has 0 bridgehead atoms. The number of carbonyl (C=O) groups is 3. The smallest absolute Gasteiger partial charge is 0.335 e. The number of aromatic carboxylic acids is 1. The number of hydrogen-bond donors (Lipinski definition) is 1. The predicted octanol–water partition coefficient (Wildman–Crippen LogP) is 3.05. The molecule has 0 unspecified atom stereocenters. The van der Waals surface area contributed by atoms with E-state index >= 15 is 0 Å². The second kappa shape index (κ2) is 6.96. The Hall–Kier alpha value is -3.41. The van der Waals surface area contributed by atoms with Crippen LogP contribution in [0.5, 0.6) is 0 Å². The molecule has 1 atom stereocenters. The maximum absolute atomic E-state index is 13.3. The molecule has 4 rings (SSSR count). The second-order valence-electron chi connectivity index (χ2n) is 7.08. The van der Waals surface area contributed by atoms with Crippen LogP contribution in [0.15, 0.2) is 55.1 Å². The monoisotopic (exact) mass is 376 g/mol. The van der Waals surface area contributed by atoms with E-state index in [-0.39, 0.29) is 23.9 Å². The normalized spacial score (nSPS) is 18.5. The molecule has 2 aliphatic rings. The molecule has 28 heavy (non-hydrogen) atoms. The molecule has 2 aromatic carbocycles. The zero-order valence-electron chi connectivity index (χ0n) is 15.3. The Morgan fingerprint density at radius 1 is 1.07 bits per heavy atom. The van der Waals surface area contributed by atoms with E-state index in [1.807, 2.05) is 6.07 Å². The lowest BCUT2D eigenvalue weighted by molar-refractivity contribution is -0.121. The summed E-state index contributed by atoms with van der Waals surface area (Å²) >= 11 is 0. The van der Waals surface area contributed by atoms with Gasteiger partial charge < -0.3 is 14.9 Å². The summed E-state index contributed by atoms with van der Waals surface area (Å²) in [4.78, 5) is 40.5. The lowest BCUT2D eigenvalue weighted by atomic mass is 10.0. The number of anilines is 1. The Balaban J connectivity index is 1.68. The standard InChI is InChI=1S/C22H20N2O4/c1-14(15-8-10-16(11-9-15)22(27)28)13-24-18-6-3-2-5-17(18)20(25)23-12-4-7-19(23)21(24)26/h2-3,5-6,8-11,19H,1,4,7,12-13H2,(H,27,28)/t19-/m1/s1. The molecule has 6 nitrogen and oxygen atoms in total. The molecule has 0 aliphatic carbocycles. The number of rotatable bonds is 4. The minimum Gasteiger partial charge on any atom is -0.478 e. The molecule has 142 valence electrons. The van der Waals surface area contributed by atoms with Gasteiger partial charge in [0.1, 0.15) is 6.04 Å². The van der Waals surface area contributed by atoms with Gasteiger partial charge in [0.2, 0.25) is 5.91 Å². The van der Waals surface area contributed by atoms with Crippen molar-refractivity contribution in [3.63, 3.8) is 0 Å². The number of hydrogen-bond acceptors (Lipinski definition) is 3. The van der Waals surface area contributed by atoms with Crippen molar-refractivity contribution in [1.82, 2.24) is 4.90 Å². The van der Waals surface area contributed by atoms with Gasteiger partial charge in [0, 0.05) is 6.54 Å². The quantitative estimate of drug-likeness (QED) is 0.890. The van der Waals surface area contributed by atoms with Gasteiger partial charge in [-0.3, -0.25) is 9.59 Å². The minimum absolute atomic E-state index is 0.0980. The molecule has 0 aromatic heterocycles. The first kappa shape index (κ1) is 18.0. The van der Waals surface area contributed by atoms with Gasteiger partial charge >= 0.3 is 5.97 Å². The summed E-state index contributed by atoms with van der Waals surface area (Å²) in [5.41, 5.74) is 2.75. The average molecular weight is 376 g/mol. The Morgan fingerprint density at radius 2 is 1.75 bits per heavy atom. The fraction of sp³-hybridized carbons (Fsp3) is 0.227. The van der Waals surface area contributed by atoms with Crippen molar-refractivity contribution in [2.75, 3.05) is 18.0 Å². The largest absolute Gasteiger partial charge is 0.478 e. The highest BCUT2D eigenvalue weighted by Gasteiger charge is 2.41. The topological polar surface area (TPSA) is 77.9 Å². The second-order valence-corrected chi connectivity index (χ2v) is 7.08. The molecule has 0 radical (unpaired) electrons. The van der Waals surface area contributed by atoms with Crippen LogP contribution in [-0.4, -0.2) is 46.9 Å². The molecule has 1 saturated heterocycles. The molecule has 2 aliphatic heterocycles. The third-order valence-electron chi connectivity index (χ3n) is 5.38. The summed E-state index contributed by atoms with van der Waals surface area (Å²) < 4.78 is 0. The number of carbonyl (C=O) groups excluding carboxylic acids is 2. The van der Waals surface area contributed by atoms with Gasteiger partial charge in [0.15, 0.2) is 0 Å². The van der Waals surface area contributed by atoms with E-state index in [1.165, 1.54) is 12.1 Å². The highest BCUT2D eigenvalue weighted by Crippen LogP contribution is 2.33. The van der Waals surface area contributed by atoms with E-state index in [4.69, 9.17) is 5.11 Å². The molecule has 0 saturated carbocycles. The Morgan fingerprint density at radius 3 is 2.46 bits per heavy atom. The van der Waals surface area contributed by atoms with Crippen LogP contribution < -0.4 is 4.90 Å². The van der Waals surface area contributed by atoms with Gasteiger partial charge in [-0.15, -0.1) is 0 Å².